The highest BCUT2D eigenvalue weighted by molar-refractivity contribution is 7.17. The molecule has 1 aromatic carbocycles. The molecule has 1 amide bonds. The molecule has 30 heavy (non-hydrogen) atoms. The van der Waals surface area contributed by atoms with Gasteiger partial charge in [-0.05, 0) is 36.6 Å². The molecule has 1 N–H and O–H groups in total. The highest BCUT2D eigenvalue weighted by Crippen LogP contribution is 2.33. The van der Waals surface area contributed by atoms with Gasteiger partial charge in [-0.25, -0.2) is 9.78 Å². The Morgan fingerprint density at radius 2 is 2.13 bits per heavy atom. The van der Waals surface area contributed by atoms with Gasteiger partial charge in [0.25, 0.3) is 5.91 Å². The minimum Gasteiger partial charge on any atom is -0.465 e. The van der Waals surface area contributed by atoms with Crippen LogP contribution in [0.25, 0.3) is 21.5 Å². The molecule has 0 aliphatic carbocycles. The number of esters is 1. The second-order valence-electron chi connectivity index (χ2n) is 7.26. The monoisotopic (exact) mass is 437 g/mol. The standard InChI is InChI=1S/C22H19N3O3S2/c1-12-19(30-20(23-12)14-6-8-29-11-14)21(26)25-7-5-18-16(10-25)15-9-13(22(27)28-2)3-4-17(15)24-18/h3-4,6,8-9,11,24H,5,7,10H2,1-2H3. The Balaban J connectivity index is 1.46. The fourth-order valence-electron chi connectivity index (χ4n) is 3.88. The third kappa shape index (κ3) is 3.12. The van der Waals surface area contributed by atoms with Crippen LogP contribution in [0.5, 0.6) is 0 Å². The number of hydrogen-bond donors (Lipinski definition) is 1. The van der Waals surface area contributed by atoms with Crippen LogP contribution in [0.1, 0.15) is 37.0 Å². The van der Waals surface area contributed by atoms with Gasteiger partial charge in [0.15, 0.2) is 0 Å². The van der Waals surface area contributed by atoms with E-state index >= 15 is 0 Å². The van der Waals surface area contributed by atoms with Crippen LogP contribution in [0.2, 0.25) is 0 Å². The number of rotatable bonds is 3. The minimum absolute atomic E-state index is 0.00982. The van der Waals surface area contributed by atoms with E-state index in [0.717, 1.165) is 44.8 Å². The highest BCUT2D eigenvalue weighted by Gasteiger charge is 2.28. The van der Waals surface area contributed by atoms with Crippen LogP contribution in [-0.4, -0.2) is 40.4 Å². The number of nitrogens with one attached hydrogen (secondary N) is 1. The lowest BCUT2D eigenvalue weighted by molar-refractivity contribution is 0.0600. The molecule has 1 aliphatic rings. The molecule has 1 aliphatic heterocycles. The molecule has 0 atom stereocenters. The van der Waals surface area contributed by atoms with E-state index in [1.807, 2.05) is 40.8 Å². The van der Waals surface area contributed by atoms with Crippen molar-refractivity contribution in [3.05, 3.63) is 62.4 Å². The van der Waals surface area contributed by atoms with Crippen LogP contribution in [0, 0.1) is 6.92 Å². The fourth-order valence-corrected chi connectivity index (χ4v) is 5.63. The molecule has 0 saturated carbocycles. The topological polar surface area (TPSA) is 75.3 Å². The lowest BCUT2D eigenvalue weighted by Crippen LogP contribution is -2.35. The van der Waals surface area contributed by atoms with Crippen molar-refractivity contribution in [2.45, 2.75) is 19.9 Å². The maximum absolute atomic E-state index is 13.3. The maximum Gasteiger partial charge on any atom is 0.337 e. The van der Waals surface area contributed by atoms with E-state index in [0.29, 0.717) is 23.5 Å². The number of amides is 1. The largest absolute Gasteiger partial charge is 0.465 e. The van der Waals surface area contributed by atoms with Crippen molar-refractivity contribution in [3.8, 4) is 10.6 Å². The number of carbonyl (C=O) groups excluding carboxylic acids is 2. The van der Waals surface area contributed by atoms with Gasteiger partial charge in [-0.1, -0.05) is 0 Å². The highest BCUT2D eigenvalue weighted by atomic mass is 32.1. The number of benzene rings is 1. The number of carbonyl (C=O) groups is 2. The van der Waals surface area contributed by atoms with E-state index in [1.165, 1.54) is 18.4 Å². The summed E-state index contributed by atoms with van der Waals surface area (Å²) in [5, 5.41) is 5.90. The van der Waals surface area contributed by atoms with Crippen LogP contribution in [0.15, 0.2) is 35.0 Å². The first-order valence-electron chi connectivity index (χ1n) is 9.56. The normalized spacial score (nSPS) is 13.5. The van der Waals surface area contributed by atoms with Gasteiger partial charge in [0.1, 0.15) is 9.88 Å². The number of methoxy groups -OCH3 is 1. The Labute approximate surface area is 181 Å². The number of ether oxygens (including phenoxy) is 1. The Kier molecular flexibility index (Phi) is 4.67. The zero-order valence-electron chi connectivity index (χ0n) is 16.5. The summed E-state index contributed by atoms with van der Waals surface area (Å²) in [4.78, 5) is 35.9. The van der Waals surface area contributed by atoms with Gasteiger partial charge in [-0.3, -0.25) is 4.79 Å². The van der Waals surface area contributed by atoms with Crippen LogP contribution in [0.3, 0.4) is 0 Å². The SMILES string of the molecule is COC(=O)c1ccc2[nH]c3c(c2c1)CN(C(=O)c1sc(-c2ccsc2)nc1C)CC3. The minimum atomic E-state index is -0.364. The number of aromatic amines is 1. The van der Waals surface area contributed by atoms with E-state index < -0.39 is 0 Å². The molecule has 4 aromatic rings. The van der Waals surface area contributed by atoms with Crippen molar-refractivity contribution in [3.63, 3.8) is 0 Å². The van der Waals surface area contributed by atoms with Crippen LogP contribution in [-0.2, 0) is 17.7 Å². The summed E-state index contributed by atoms with van der Waals surface area (Å²) in [6.07, 6.45) is 0.749. The molecule has 0 unspecified atom stereocenters. The second kappa shape index (κ2) is 7.37. The molecule has 4 heterocycles. The molecule has 0 spiro atoms. The summed E-state index contributed by atoms with van der Waals surface area (Å²) >= 11 is 3.07. The van der Waals surface area contributed by atoms with Crippen molar-refractivity contribution >= 4 is 45.5 Å². The van der Waals surface area contributed by atoms with E-state index in [-0.39, 0.29) is 11.9 Å². The molecule has 6 nitrogen and oxygen atoms in total. The molecule has 3 aromatic heterocycles. The summed E-state index contributed by atoms with van der Waals surface area (Å²) in [7, 11) is 1.38. The molecule has 0 bridgehead atoms. The van der Waals surface area contributed by atoms with Crippen LogP contribution < -0.4 is 0 Å². The van der Waals surface area contributed by atoms with Crippen molar-refractivity contribution in [1.29, 1.82) is 0 Å². The zero-order chi connectivity index (χ0) is 20.8. The lowest BCUT2D eigenvalue weighted by atomic mass is 10.0. The number of nitrogens with zero attached hydrogens (tertiary/aromatic N) is 2. The number of hydrogen-bond acceptors (Lipinski definition) is 6. The molecule has 8 heteroatoms. The zero-order valence-corrected chi connectivity index (χ0v) is 18.2. The Hall–Kier alpha value is -2.97. The third-order valence-corrected chi connectivity index (χ3v) is 7.32. The van der Waals surface area contributed by atoms with Crippen molar-refractivity contribution in [2.24, 2.45) is 0 Å². The maximum atomic E-state index is 13.3. The molecular formula is C22H19N3O3S2. The van der Waals surface area contributed by atoms with Crippen molar-refractivity contribution in [2.75, 3.05) is 13.7 Å². The first-order chi connectivity index (χ1) is 14.5. The average Bonchev–Trinajstić information content (AvgIpc) is 3.50. The molecule has 0 saturated heterocycles. The predicted molar refractivity (Wildman–Crippen MR) is 118 cm³/mol. The Morgan fingerprint density at radius 1 is 1.27 bits per heavy atom. The summed E-state index contributed by atoms with van der Waals surface area (Å²) in [6, 6.07) is 7.52. The molecule has 0 fully saturated rings. The van der Waals surface area contributed by atoms with Gasteiger partial charge < -0.3 is 14.6 Å². The first-order valence-corrected chi connectivity index (χ1v) is 11.3. The Bertz CT molecular complexity index is 1270. The predicted octanol–water partition coefficient (Wildman–Crippen LogP) is 4.65. The third-order valence-electron chi connectivity index (χ3n) is 5.44. The van der Waals surface area contributed by atoms with E-state index in [1.54, 1.807) is 17.4 Å². The van der Waals surface area contributed by atoms with Crippen LogP contribution >= 0.6 is 22.7 Å². The van der Waals surface area contributed by atoms with Crippen LogP contribution in [0.4, 0.5) is 0 Å². The van der Waals surface area contributed by atoms with E-state index in [9.17, 15) is 9.59 Å². The number of aromatic nitrogens is 2. The quantitative estimate of drug-likeness (QED) is 0.474. The molecule has 0 radical (unpaired) electrons. The van der Waals surface area contributed by atoms with E-state index in [2.05, 4.69) is 9.97 Å². The lowest BCUT2D eigenvalue weighted by Gasteiger charge is -2.27. The van der Waals surface area contributed by atoms with E-state index in [4.69, 9.17) is 4.74 Å². The average molecular weight is 438 g/mol. The molecule has 152 valence electrons. The first kappa shape index (κ1) is 19.0. The van der Waals surface area contributed by atoms with Crippen molar-refractivity contribution in [1.82, 2.24) is 14.9 Å². The number of H-pyrrole nitrogens is 1. The summed E-state index contributed by atoms with van der Waals surface area (Å²) in [5.41, 5.74) is 5.49. The number of thiophene rings is 1. The van der Waals surface area contributed by atoms with Gasteiger partial charge in [0.2, 0.25) is 0 Å². The number of aryl methyl sites for hydroxylation is 1. The molecular weight excluding hydrogens is 418 g/mol. The van der Waals surface area contributed by atoms with Gasteiger partial charge in [0.05, 0.1) is 18.4 Å². The Morgan fingerprint density at radius 3 is 2.90 bits per heavy atom. The van der Waals surface area contributed by atoms with Gasteiger partial charge in [0, 0.05) is 52.6 Å². The smallest absolute Gasteiger partial charge is 0.337 e. The van der Waals surface area contributed by atoms with Gasteiger partial charge in [-0.15, -0.1) is 11.3 Å². The summed E-state index contributed by atoms with van der Waals surface area (Å²) in [5.74, 6) is -0.354. The summed E-state index contributed by atoms with van der Waals surface area (Å²) in [6.45, 7) is 3.04. The van der Waals surface area contributed by atoms with Crippen molar-refractivity contribution < 1.29 is 14.3 Å². The molecule has 5 rings (SSSR count). The second-order valence-corrected chi connectivity index (χ2v) is 9.04. The summed E-state index contributed by atoms with van der Waals surface area (Å²) < 4.78 is 4.85. The fraction of sp³-hybridized carbons (Fsp3) is 0.227. The number of fused-ring (bicyclic) bond motifs is 3. The van der Waals surface area contributed by atoms with Gasteiger partial charge >= 0.3 is 5.97 Å². The number of thiazole rings is 1. The van der Waals surface area contributed by atoms with Gasteiger partial charge in [-0.2, -0.15) is 11.3 Å².